The van der Waals surface area contributed by atoms with Gasteiger partial charge in [-0.3, -0.25) is 0 Å². The van der Waals surface area contributed by atoms with Crippen molar-refractivity contribution in [2.24, 2.45) is 0 Å². The van der Waals surface area contributed by atoms with E-state index in [-0.39, 0.29) is 6.29 Å². The van der Waals surface area contributed by atoms with Gasteiger partial charge in [0.05, 0.1) is 6.61 Å². The highest BCUT2D eigenvalue weighted by molar-refractivity contribution is 7.99. The maximum absolute atomic E-state index is 12.3. The zero-order valence-corrected chi connectivity index (χ0v) is 11.5. The predicted octanol–water partition coefficient (Wildman–Crippen LogP) is 3.13. The molecule has 2 rings (SSSR count). The van der Waals surface area contributed by atoms with Crippen LogP contribution in [0, 0.1) is 0 Å². The molecule has 0 N–H and O–H groups in total. The van der Waals surface area contributed by atoms with Gasteiger partial charge in [-0.2, -0.15) is 13.2 Å². The summed E-state index contributed by atoms with van der Waals surface area (Å²) in [6.45, 7) is 1.19. The number of alkyl halides is 3. The third-order valence-electron chi connectivity index (χ3n) is 2.71. The van der Waals surface area contributed by atoms with E-state index in [1.807, 2.05) is 0 Å². The molecule has 20 heavy (non-hydrogen) atoms. The maximum atomic E-state index is 12.3. The molecule has 1 aromatic rings. The molecule has 2 heterocycles. The van der Waals surface area contributed by atoms with Crippen LogP contribution in [-0.2, 0) is 15.7 Å². The average molecular weight is 308 g/mol. The Kier molecular flexibility index (Phi) is 5.62. The van der Waals surface area contributed by atoms with Crippen LogP contribution in [0.3, 0.4) is 0 Å². The summed E-state index contributed by atoms with van der Waals surface area (Å²) in [4.78, 5) is 0. The fourth-order valence-corrected chi connectivity index (χ4v) is 2.37. The van der Waals surface area contributed by atoms with Crippen molar-refractivity contribution in [3.63, 3.8) is 0 Å². The van der Waals surface area contributed by atoms with Crippen molar-refractivity contribution >= 4 is 11.8 Å². The maximum Gasteiger partial charge on any atom is 0.435 e. The second-order valence-corrected chi connectivity index (χ2v) is 5.39. The predicted molar refractivity (Wildman–Crippen MR) is 67.3 cm³/mol. The van der Waals surface area contributed by atoms with Gasteiger partial charge in [0.25, 0.3) is 0 Å². The van der Waals surface area contributed by atoms with Crippen LogP contribution >= 0.6 is 11.8 Å². The molecule has 1 saturated heterocycles. The van der Waals surface area contributed by atoms with Crippen LogP contribution in [0.2, 0.25) is 0 Å². The minimum Gasteiger partial charge on any atom is -0.353 e. The van der Waals surface area contributed by atoms with Crippen LogP contribution in [0.1, 0.15) is 25.0 Å². The van der Waals surface area contributed by atoms with Gasteiger partial charge in [0.1, 0.15) is 5.03 Å². The largest absolute Gasteiger partial charge is 0.435 e. The number of nitrogens with zero attached hydrogens (tertiary/aromatic N) is 2. The Morgan fingerprint density at radius 2 is 2.15 bits per heavy atom. The zero-order chi connectivity index (χ0) is 14.4. The minimum absolute atomic E-state index is 0.150. The van der Waals surface area contributed by atoms with Gasteiger partial charge in [-0.05, 0) is 31.4 Å². The van der Waals surface area contributed by atoms with Gasteiger partial charge in [-0.15, -0.1) is 22.0 Å². The summed E-state index contributed by atoms with van der Waals surface area (Å²) in [7, 11) is 0. The van der Waals surface area contributed by atoms with E-state index in [4.69, 9.17) is 9.47 Å². The molecule has 1 atom stereocenters. The van der Waals surface area contributed by atoms with Gasteiger partial charge in [-0.1, -0.05) is 0 Å². The van der Waals surface area contributed by atoms with Crippen LogP contribution < -0.4 is 0 Å². The molecule has 0 aromatic carbocycles. The zero-order valence-electron chi connectivity index (χ0n) is 10.7. The van der Waals surface area contributed by atoms with Crippen LogP contribution in [0.15, 0.2) is 17.2 Å². The van der Waals surface area contributed by atoms with E-state index in [0.717, 1.165) is 31.9 Å². The summed E-state index contributed by atoms with van der Waals surface area (Å²) in [5.74, 6) is 0.597. The Bertz CT molecular complexity index is 408. The highest BCUT2D eigenvalue weighted by Crippen LogP contribution is 2.27. The summed E-state index contributed by atoms with van der Waals surface area (Å²) >= 11 is 1.31. The van der Waals surface area contributed by atoms with E-state index in [2.05, 4.69) is 10.2 Å². The number of rotatable bonds is 5. The third kappa shape index (κ3) is 4.92. The van der Waals surface area contributed by atoms with Crippen molar-refractivity contribution in [1.82, 2.24) is 10.2 Å². The molecular formula is C12H15F3N2O2S. The fraction of sp³-hybridized carbons (Fsp3) is 0.667. The highest BCUT2D eigenvalue weighted by Gasteiger charge is 2.32. The van der Waals surface area contributed by atoms with E-state index in [0.29, 0.717) is 17.4 Å². The monoisotopic (exact) mass is 308 g/mol. The van der Waals surface area contributed by atoms with Crippen LogP contribution in [0.5, 0.6) is 0 Å². The Hall–Kier alpha value is -0.860. The topological polar surface area (TPSA) is 44.2 Å². The molecule has 0 spiro atoms. The summed E-state index contributed by atoms with van der Waals surface area (Å²) in [6, 6.07) is 2.25. The quantitative estimate of drug-likeness (QED) is 0.617. The summed E-state index contributed by atoms with van der Waals surface area (Å²) < 4.78 is 47.8. The number of aromatic nitrogens is 2. The normalized spacial score (nSPS) is 20.1. The van der Waals surface area contributed by atoms with Gasteiger partial charge in [-0.25, -0.2) is 0 Å². The van der Waals surface area contributed by atoms with Crippen molar-refractivity contribution in [3.8, 4) is 0 Å². The van der Waals surface area contributed by atoms with E-state index in [9.17, 15) is 13.2 Å². The van der Waals surface area contributed by atoms with Gasteiger partial charge >= 0.3 is 6.18 Å². The molecule has 1 aliphatic rings. The minimum atomic E-state index is -4.45. The second-order valence-electron chi connectivity index (χ2n) is 4.27. The van der Waals surface area contributed by atoms with E-state index in [1.54, 1.807) is 0 Å². The SMILES string of the molecule is FC(F)(F)c1ccc(SCCO[C@H]2CCCCO2)nn1. The number of thioether (sulfide) groups is 1. The smallest absolute Gasteiger partial charge is 0.353 e. The first-order chi connectivity index (χ1) is 9.55. The average Bonchev–Trinajstić information content (AvgIpc) is 2.44. The fourth-order valence-electron chi connectivity index (χ4n) is 1.72. The summed E-state index contributed by atoms with van der Waals surface area (Å²) in [5, 5.41) is 7.14. The summed E-state index contributed by atoms with van der Waals surface area (Å²) in [5.41, 5.74) is -0.978. The van der Waals surface area contributed by atoms with Crippen molar-refractivity contribution in [2.75, 3.05) is 19.0 Å². The molecule has 0 aliphatic carbocycles. The lowest BCUT2D eigenvalue weighted by Gasteiger charge is -2.22. The van der Waals surface area contributed by atoms with Gasteiger partial charge < -0.3 is 9.47 Å². The molecule has 4 nitrogen and oxygen atoms in total. The standard InChI is InChI=1S/C12H15F3N2O2S/c13-12(14,15)9-4-5-10(17-16-9)20-8-7-19-11-3-1-2-6-18-11/h4-5,11H,1-3,6-8H2/t11-/m0/s1. The van der Waals surface area contributed by atoms with Gasteiger partial charge in [0, 0.05) is 12.4 Å². The number of hydrogen-bond acceptors (Lipinski definition) is 5. The number of halogens is 3. The lowest BCUT2D eigenvalue weighted by Crippen LogP contribution is -2.23. The van der Waals surface area contributed by atoms with Crippen LogP contribution in [-0.4, -0.2) is 35.5 Å². The van der Waals surface area contributed by atoms with Crippen molar-refractivity contribution in [1.29, 1.82) is 0 Å². The molecule has 0 bridgehead atoms. The first-order valence-corrected chi connectivity index (χ1v) is 7.31. The molecule has 1 aliphatic heterocycles. The molecule has 0 saturated carbocycles. The molecule has 1 fully saturated rings. The van der Waals surface area contributed by atoms with Crippen molar-refractivity contribution < 1.29 is 22.6 Å². The number of hydrogen-bond donors (Lipinski definition) is 0. The molecule has 0 radical (unpaired) electrons. The lowest BCUT2D eigenvalue weighted by molar-refractivity contribution is -0.158. The van der Waals surface area contributed by atoms with Crippen LogP contribution in [0.25, 0.3) is 0 Å². The van der Waals surface area contributed by atoms with Gasteiger partial charge in [0.15, 0.2) is 12.0 Å². The van der Waals surface area contributed by atoms with Crippen molar-refractivity contribution in [2.45, 2.75) is 36.8 Å². The Morgan fingerprint density at radius 1 is 1.30 bits per heavy atom. The molecule has 0 unspecified atom stereocenters. The highest BCUT2D eigenvalue weighted by atomic mass is 32.2. The third-order valence-corrected chi connectivity index (χ3v) is 3.59. The van der Waals surface area contributed by atoms with E-state index >= 15 is 0 Å². The Balaban J connectivity index is 1.68. The van der Waals surface area contributed by atoms with Crippen LogP contribution in [0.4, 0.5) is 13.2 Å². The van der Waals surface area contributed by atoms with E-state index < -0.39 is 11.9 Å². The molecule has 8 heteroatoms. The Morgan fingerprint density at radius 3 is 2.75 bits per heavy atom. The van der Waals surface area contributed by atoms with E-state index in [1.165, 1.54) is 17.8 Å². The molecule has 112 valence electrons. The second kappa shape index (κ2) is 7.24. The first-order valence-electron chi connectivity index (χ1n) is 6.32. The summed E-state index contributed by atoms with van der Waals surface area (Å²) in [6.07, 6.45) is -1.54. The first kappa shape index (κ1) is 15.5. The number of ether oxygens (including phenoxy) is 2. The molecular weight excluding hydrogens is 293 g/mol. The molecule has 1 aromatic heterocycles. The molecule has 0 amide bonds. The Labute approximate surface area is 119 Å². The van der Waals surface area contributed by atoms with Gasteiger partial charge in [0.2, 0.25) is 0 Å². The lowest BCUT2D eigenvalue weighted by atomic mass is 10.2. The van der Waals surface area contributed by atoms with Crippen molar-refractivity contribution in [3.05, 3.63) is 17.8 Å².